The van der Waals surface area contributed by atoms with Gasteiger partial charge in [-0.1, -0.05) is 64.1 Å². The van der Waals surface area contributed by atoms with Crippen molar-refractivity contribution < 1.29 is 14.7 Å². The second-order valence-electron chi connectivity index (χ2n) is 6.53. The molecule has 9 heteroatoms. The molecule has 2 aromatic carbocycles. The van der Waals surface area contributed by atoms with Gasteiger partial charge in [-0.25, -0.2) is 0 Å². The van der Waals surface area contributed by atoms with Crippen LogP contribution in [-0.2, 0) is 6.54 Å². The minimum Gasteiger partial charge on any atom is -0.394 e. The maximum atomic E-state index is 12.5. The second kappa shape index (κ2) is 11.0. The lowest BCUT2D eigenvalue weighted by Crippen LogP contribution is -2.32. The monoisotopic (exact) mass is 500 g/mol. The van der Waals surface area contributed by atoms with Crippen molar-refractivity contribution in [2.45, 2.75) is 17.7 Å². The number of Topliss-reactive ketones (excluding diaryl/α,β-unsaturated/α-hetero) is 1. The van der Waals surface area contributed by atoms with Crippen LogP contribution in [0.4, 0.5) is 0 Å². The molecule has 0 saturated carbocycles. The zero-order valence-electron chi connectivity index (χ0n) is 16.6. The topological polar surface area (TPSA) is 97.1 Å². The van der Waals surface area contributed by atoms with Crippen LogP contribution in [0.1, 0.15) is 32.6 Å². The summed E-state index contributed by atoms with van der Waals surface area (Å²) in [5, 5.41) is 21.5. The maximum absolute atomic E-state index is 12.5. The fourth-order valence-corrected chi connectivity index (χ4v) is 3.95. The number of aliphatic hydroxyl groups is 1. The lowest BCUT2D eigenvalue weighted by molar-refractivity contribution is 0.0911. The zero-order chi connectivity index (χ0) is 22.2. The number of aliphatic hydroxyl groups excluding tert-OH is 1. The Hall–Kier alpha value is -2.75. The summed E-state index contributed by atoms with van der Waals surface area (Å²) >= 11 is 4.60. The van der Waals surface area contributed by atoms with Crippen LogP contribution >= 0.6 is 27.7 Å². The van der Waals surface area contributed by atoms with Crippen LogP contribution < -0.4 is 5.32 Å². The summed E-state index contributed by atoms with van der Waals surface area (Å²) in [4.78, 5) is 25.0. The summed E-state index contributed by atoms with van der Waals surface area (Å²) < 4.78 is 2.64. The van der Waals surface area contributed by atoms with E-state index in [2.05, 4.69) is 38.0 Å². The Bertz CT molecular complexity index is 1050. The van der Waals surface area contributed by atoms with Crippen molar-refractivity contribution in [3.05, 3.63) is 88.7 Å². The summed E-state index contributed by atoms with van der Waals surface area (Å²) in [5.41, 5.74) is 1.08. The third-order valence-electron chi connectivity index (χ3n) is 4.39. The molecule has 2 N–H and O–H groups in total. The van der Waals surface area contributed by atoms with E-state index >= 15 is 0 Å². The van der Waals surface area contributed by atoms with E-state index in [1.54, 1.807) is 47.0 Å². The standard InChI is InChI=1S/C22H21BrN4O3S/c1-2-12-27-20(18(13-28)24-21(30)16-6-4-3-5-7-16)25-26-22(27)31-14-19(29)15-8-10-17(23)11-9-15/h2-11,18,28H,1,12-14H2,(H,24,30)/t18-/m1/s1. The van der Waals surface area contributed by atoms with Gasteiger partial charge >= 0.3 is 0 Å². The van der Waals surface area contributed by atoms with Crippen molar-refractivity contribution in [1.29, 1.82) is 0 Å². The average Bonchev–Trinajstić information content (AvgIpc) is 3.19. The molecule has 3 aromatic rings. The lowest BCUT2D eigenvalue weighted by atomic mass is 10.2. The number of amides is 1. The minimum absolute atomic E-state index is 0.0386. The first-order valence-corrected chi connectivity index (χ1v) is 11.2. The van der Waals surface area contributed by atoms with Gasteiger partial charge < -0.3 is 15.0 Å². The van der Waals surface area contributed by atoms with E-state index in [0.29, 0.717) is 28.7 Å². The van der Waals surface area contributed by atoms with Gasteiger partial charge in [0, 0.05) is 22.1 Å². The number of benzene rings is 2. The minimum atomic E-state index is -0.753. The lowest BCUT2D eigenvalue weighted by Gasteiger charge is -2.17. The second-order valence-corrected chi connectivity index (χ2v) is 8.39. The molecule has 0 unspecified atom stereocenters. The van der Waals surface area contributed by atoms with Crippen molar-refractivity contribution in [2.24, 2.45) is 0 Å². The van der Waals surface area contributed by atoms with Gasteiger partial charge in [-0.15, -0.1) is 16.8 Å². The van der Waals surface area contributed by atoms with Crippen LogP contribution in [0.15, 0.2) is 76.9 Å². The number of ketones is 1. The van der Waals surface area contributed by atoms with E-state index in [9.17, 15) is 14.7 Å². The molecule has 160 valence electrons. The van der Waals surface area contributed by atoms with Crippen molar-refractivity contribution in [1.82, 2.24) is 20.1 Å². The molecular formula is C22H21BrN4O3S. The molecule has 7 nitrogen and oxygen atoms in total. The molecule has 3 rings (SSSR count). The first-order valence-electron chi connectivity index (χ1n) is 9.45. The predicted molar refractivity (Wildman–Crippen MR) is 123 cm³/mol. The third kappa shape index (κ3) is 5.90. The van der Waals surface area contributed by atoms with E-state index in [4.69, 9.17) is 0 Å². The van der Waals surface area contributed by atoms with E-state index in [1.807, 2.05) is 18.2 Å². The van der Waals surface area contributed by atoms with Gasteiger partial charge in [-0.2, -0.15) is 0 Å². The summed E-state index contributed by atoms with van der Waals surface area (Å²) in [7, 11) is 0. The van der Waals surface area contributed by atoms with Gasteiger partial charge in [-0.3, -0.25) is 9.59 Å². The molecule has 0 fully saturated rings. The largest absolute Gasteiger partial charge is 0.394 e. The number of rotatable bonds is 10. The van der Waals surface area contributed by atoms with Crippen LogP contribution in [0.2, 0.25) is 0 Å². The maximum Gasteiger partial charge on any atom is 0.251 e. The molecule has 0 aliphatic carbocycles. The van der Waals surface area contributed by atoms with Gasteiger partial charge in [0.2, 0.25) is 0 Å². The van der Waals surface area contributed by atoms with Crippen LogP contribution in [-0.4, -0.2) is 43.9 Å². The first-order chi connectivity index (χ1) is 15.0. The van der Waals surface area contributed by atoms with Crippen molar-refractivity contribution in [2.75, 3.05) is 12.4 Å². The Morgan fingerprint density at radius 1 is 1.13 bits per heavy atom. The smallest absolute Gasteiger partial charge is 0.251 e. The van der Waals surface area contributed by atoms with Crippen LogP contribution in [0.25, 0.3) is 0 Å². The average molecular weight is 501 g/mol. The number of carbonyl (C=O) groups is 2. The van der Waals surface area contributed by atoms with Gasteiger partial charge in [0.15, 0.2) is 16.8 Å². The Morgan fingerprint density at radius 2 is 1.84 bits per heavy atom. The van der Waals surface area contributed by atoms with Gasteiger partial charge in [-0.05, 0) is 24.3 Å². The molecule has 1 atom stereocenters. The Kier molecular flexibility index (Phi) is 8.16. The quantitative estimate of drug-likeness (QED) is 0.250. The van der Waals surface area contributed by atoms with E-state index < -0.39 is 6.04 Å². The van der Waals surface area contributed by atoms with Gasteiger partial charge in [0.1, 0.15) is 6.04 Å². The molecule has 0 saturated heterocycles. The zero-order valence-corrected chi connectivity index (χ0v) is 19.0. The molecule has 1 heterocycles. The molecule has 1 amide bonds. The highest BCUT2D eigenvalue weighted by Crippen LogP contribution is 2.22. The number of aromatic nitrogens is 3. The highest BCUT2D eigenvalue weighted by Gasteiger charge is 2.23. The number of nitrogens with one attached hydrogen (secondary N) is 1. The number of allylic oxidation sites excluding steroid dienone is 1. The molecule has 0 aliphatic rings. The highest BCUT2D eigenvalue weighted by atomic mass is 79.9. The molecule has 0 spiro atoms. The molecular weight excluding hydrogens is 480 g/mol. The van der Waals surface area contributed by atoms with E-state index in [1.165, 1.54) is 11.8 Å². The number of thioether (sulfide) groups is 1. The molecule has 0 radical (unpaired) electrons. The fraction of sp³-hybridized carbons (Fsp3) is 0.182. The summed E-state index contributed by atoms with van der Waals surface area (Å²) in [6.45, 7) is 3.77. The summed E-state index contributed by atoms with van der Waals surface area (Å²) in [6, 6.07) is 15.1. The fourth-order valence-electron chi connectivity index (χ4n) is 2.84. The van der Waals surface area contributed by atoms with Crippen molar-refractivity contribution >= 4 is 39.4 Å². The van der Waals surface area contributed by atoms with Crippen molar-refractivity contribution in [3.63, 3.8) is 0 Å². The van der Waals surface area contributed by atoms with E-state index in [-0.39, 0.29) is 24.1 Å². The van der Waals surface area contributed by atoms with Gasteiger partial charge in [0.25, 0.3) is 5.91 Å². The number of halogens is 1. The van der Waals surface area contributed by atoms with Crippen LogP contribution in [0.5, 0.6) is 0 Å². The van der Waals surface area contributed by atoms with Crippen molar-refractivity contribution in [3.8, 4) is 0 Å². The van der Waals surface area contributed by atoms with E-state index in [0.717, 1.165) is 4.47 Å². The Labute approximate surface area is 192 Å². The number of carbonyl (C=O) groups excluding carboxylic acids is 2. The molecule has 1 aromatic heterocycles. The van der Waals surface area contributed by atoms with Crippen LogP contribution in [0.3, 0.4) is 0 Å². The number of hydrogen-bond donors (Lipinski definition) is 2. The molecule has 0 aliphatic heterocycles. The SMILES string of the molecule is C=CCn1c(SCC(=O)c2ccc(Br)cc2)nnc1[C@@H](CO)NC(=O)c1ccccc1. The molecule has 0 bridgehead atoms. The number of hydrogen-bond acceptors (Lipinski definition) is 6. The number of nitrogens with zero attached hydrogens (tertiary/aromatic N) is 3. The van der Waals surface area contributed by atoms with Gasteiger partial charge in [0.05, 0.1) is 12.4 Å². The summed E-state index contributed by atoms with van der Waals surface area (Å²) in [6.07, 6.45) is 1.67. The van der Waals surface area contributed by atoms with Crippen LogP contribution in [0, 0.1) is 0 Å². The Morgan fingerprint density at radius 3 is 2.48 bits per heavy atom. The first kappa shape index (κ1) is 22.9. The normalized spacial score (nSPS) is 11.7. The third-order valence-corrected chi connectivity index (χ3v) is 5.89. The molecule has 31 heavy (non-hydrogen) atoms. The Balaban J connectivity index is 1.75. The summed E-state index contributed by atoms with van der Waals surface area (Å²) in [5.74, 6) is 0.206. The highest BCUT2D eigenvalue weighted by molar-refractivity contribution is 9.10. The predicted octanol–water partition coefficient (Wildman–Crippen LogP) is 3.67.